The van der Waals surface area contributed by atoms with Crippen molar-refractivity contribution in [2.75, 3.05) is 0 Å². The van der Waals surface area contributed by atoms with E-state index < -0.39 is 0 Å². The Morgan fingerprint density at radius 1 is 1.13 bits per heavy atom. The number of benzene rings is 2. The maximum atomic E-state index is 12.3. The number of rotatable bonds is 4. The fraction of sp³-hybridized carbons (Fsp3) is 0.300. The fourth-order valence-electron chi connectivity index (χ4n) is 2.96. The van der Waals surface area contributed by atoms with Gasteiger partial charge in [0.2, 0.25) is 5.91 Å². The standard InChI is InChI=1S/C20H22N2O/c1-13-9-10-14(2)17(11-13)15(3)21-22-20(23)19-12-18(19)16-7-5-4-6-8-16/h4-11,18-19H,12H2,1-3H3,(H,22,23)/b21-15-/t18-,19-/m0/s1. The Morgan fingerprint density at radius 3 is 2.61 bits per heavy atom. The van der Waals surface area contributed by atoms with Gasteiger partial charge in [0.05, 0.1) is 5.71 Å². The van der Waals surface area contributed by atoms with E-state index in [1.807, 2.05) is 25.1 Å². The van der Waals surface area contributed by atoms with Crippen LogP contribution in [-0.4, -0.2) is 11.6 Å². The van der Waals surface area contributed by atoms with Crippen LogP contribution in [0.2, 0.25) is 0 Å². The minimum absolute atomic E-state index is 0.0171. The van der Waals surface area contributed by atoms with E-state index in [0.717, 1.165) is 17.7 Å². The zero-order valence-electron chi connectivity index (χ0n) is 13.8. The smallest absolute Gasteiger partial charge is 0.243 e. The van der Waals surface area contributed by atoms with E-state index in [2.05, 4.69) is 54.7 Å². The highest BCUT2D eigenvalue weighted by Crippen LogP contribution is 2.47. The van der Waals surface area contributed by atoms with Gasteiger partial charge in [-0.15, -0.1) is 0 Å². The molecular formula is C20H22N2O. The van der Waals surface area contributed by atoms with Crippen LogP contribution in [-0.2, 0) is 4.79 Å². The number of nitrogens with one attached hydrogen (secondary N) is 1. The molecule has 0 saturated heterocycles. The predicted molar refractivity (Wildman–Crippen MR) is 93.6 cm³/mol. The summed E-state index contributed by atoms with van der Waals surface area (Å²) in [6.07, 6.45) is 0.911. The number of aryl methyl sites for hydroxylation is 2. The Kier molecular flexibility index (Phi) is 4.28. The molecule has 1 saturated carbocycles. The third kappa shape index (κ3) is 3.50. The second-order valence-corrected chi connectivity index (χ2v) is 6.35. The molecule has 1 amide bonds. The summed E-state index contributed by atoms with van der Waals surface area (Å²) < 4.78 is 0. The first-order chi connectivity index (χ1) is 11.1. The largest absolute Gasteiger partial charge is 0.273 e. The first-order valence-electron chi connectivity index (χ1n) is 8.03. The van der Waals surface area contributed by atoms with Gasteiger partial charge in [-0.25, -0.2) is 5.43 Å². The summed E-state index contributed by atoms with van der Waals surface area (Å²) in [6.45, 7) is 6.05. The van der Waals surface area contributed by atoms with Crippen LogP contribution in [0.5, 0.6) is 0 Å². The van der Waals surface area contributed by atoms with Gasteiger partial charge in [0.25, 0.3) is 0 Å². The molecule has 1 N–H and O–H groups in total. The van der Waals surface area contributed by atoms with Gasteiger partial charge < -0.3 is 0 Å². The molecule has 0 spiro atoms. The van der Waals surface area contributed by atoms with E-state index >= 15 is 0 Å². The average molecular weight is 306 g/mol. The number of hydrogen-bond donors (Lipinski definition) is 1. The predicted octanol–water partition coefficient (Wildman–Crippen LogP) is 3.95. The Hall–Kier alpha value is -2.42. The molecule has 118 valence electrons. The van der Waals surface area contributed by atoms with Gasteiger partial charge in [0.1, 0.15) is 0 Å². The highest BCUT2D eigenvalue weighted by atomic mass is 16.2. The monoisotopic (exact) mass is 306 g/mol. The van der Waals surface area contributed by atoms with Crippen molar-refractivity contribution in [3.8, 4) is 0 Å². The second kappa shape index (κ2) is 6.37. The molecular weight excluding hydrogens is 284 g/mol. The Balaban J connectivity index is 1.64. The summed E-state index contributed by atoms with van der Waals surface area (Å²) in [6, 6.07) is 16.5. The van der Waals surface area contributed by atoms with Gasteiger partial charge in [-0.05, 0) is 50.3 Å². The van der Waals surface area contributed by atoms with E-state index in [1.54, 1.807) is 0 Å². The number of hydrazone groups is 1. The fourth-order valence-corrected chi connectivity index (χ4v) is 2.96. The molecule has 3 rings (SSSR count). The van der Waals surface area contributed by atoms with Crippen molar-refractivity contribution >= 4 is 11.6 Å². The number of carbonyl (C=O) groups excluding carboxylic acids is 1. The van der Waals surface area contributed by atoms with Crippen molar-refractivity contribution in [2.24, 2.45) is 11.0 Å². The van der Waals surface area contributed by atoms with Crippen LogP contribution < -0.4 is 5.43 Å². The van der Waals surface area contributed by atoms with E-state index in [9.17, 15) is 4.79 Å². The number of carbonyl (C=O) groups is 1. The molecule has 2 aromatic carbocycles. The second-order valence-electron chi connectivity index (χ2n) is 6.35. The molecule has 2 atom stereocenters. The summed E-state index contributed by atoms with van der Waals surface area (Å²) in [5.74, 6) is 0.406. The lowest BCUT2D eigenvalue weighted by molar-refractivity contribution is -0.122. The van der Waals surface area contributed by atoms with Crippen LogP contribution >= 0.6 is 0 Å². The molecule has 3 heteroatoms. The SMILES string of the molecule is C/C(=N/NC(=O)[C@H]1C[C@H]1c1ccccc1)c1cc(C)ccc1C. The van der Waals surface area contributed by atoms with Crippen LogP contribution in [0.4, 0.5) is 0 Å². The first kappa shape index (κ1) is 15.5. The quantitative estimate of drug-likeness (QED) is 0.674. The third-order valence-corrected chi connectivity index (χ3v) is 4.47. The van der Waals surface area contributed by atoms with E-state index in [1.165, 1.54) is 16.7 Å². The van der Waals surface area contributed by atoms with Gasteiger partial charge in [-0.1, -0.05) is 48.0 Å². The lowest BCUT2D eigenvalue weighted by Gasteiger charge is -2.07. The summed E-state index contributed by atoms with van der Waals surface area (Å²) in [4.78, 5) is 12.3. The van der Waals surface area contributed by atoms with E-state index in [-0.39, 0.29) is 11.8 Å². The van der Waals surface area contributed by atoms with Crippen molar-refractivity contribution in [2.45, 2.75) is 33.1 Å². The van der Waals surface area contributed by atoms with Gasteiger partial charge in [-0.3, -0.25) is 4.79 Å². The normalized spacial score (nSPS) is 20.2. The third-order valence-electron chi connectivity index (χ3n) is 4.47. The summed E-state index contributed by atoms with van der Waals surface area (Å²) in [5, 5.41) is 4.30. The van der Waals surface area contributed by atoms with Gasteiger partial charge >= 0.3 is 0 Å². The molecule has 3 nitrogen and oxygen atoms in total. The lowest BCUT2D eigenvalue weighted by Crippen LogP contribution is -2.21. The van der Waals surface area contributed by atoms with Gasteiger partial charge in [0, 0.05) is 11.5 Å². The molecule has 0 radical (unpaired) electrons. The molecule has 0 aliphatic heterocycles. The van der Waals surface area contributed by atoms with Gasteiger partial charge in [-0.2, -0.15) is 5.10 Å². The van der Waals surface area contributed by atoms with Gasteiger partial charge in [0.15, 0.2) is 0 Å². The molecule has 1 aliphatic rings. The Labute approximate surface area is 137 Å². The number of amides is 1. The van der Waals surface area contributed by atoms with Crippen molar-refractivity contribution in [1.29, 1.82) is 0 Å². The van der Waals surface area contributed by atoms with Crippen LogP contribution in [0.1, 0.15) is 41.5 Å². The van der Waals surface area contributed by atoms with Crippen molar-refractivity contribution in [3.05, 3.63) is 70.8 Å². The Bertz CT molecular complexity index is 749. The zero-order valence-corrected chi connectivity index (χ0v) is 13.8. The van der Waals surface area contributed by atoms with Crippen LogP contribution in [0, 0.1) is 19.8 Å². The number of nitrogens with zero attached hydrogens (tertiary/aromatic N) is 1. The van der Waals surface area contributed by atoms with E-state index in [4.69, 9.17) is 0 Å². The summed E-state index contributed by atoms with van der Waals surface area (Å²) >= 11 is 0. The highest BCUT2D eigenvalue weighted by Gasteiger charge is 2.43. The molecule has 1 fully saturated rings. The topological polar surface area (TPSA) is 41.5 Å². The molecule has 0 heterocycles. The van der Waals surface area contributed by atoms with Crippen LogP contribution in [0.3, 0.4) is 0 Å². The molecule has 23 heavy (non-hydrogen) atoms. The first-order valence-corrected chi connectivity index (χ1v) is 8.03. The molecule has 0 bridgehead atoms. The summed E-state index contributed by atoms with van der Waals surface area (Å²) in [5.41, 5.74) is 8.26. The zero-order chi connectivity index (χ0) is 16.4. The molecule has 1 aliphatic carbocycles. The molecule has 0 aromatic heterocycles. The van der Waals surface area contributed by atoms with Crippen molar-refractivity contribution in [1.82, 2.24) is 5.43 Å². The lowest BCUT2D eigenvalue weighted by atomic mass is 10.0. The van der Waals surface area contributed by atoms with E-state index in [0.29, 0.717) is 5.92 Å². The average Bonchev–Trinajstić information content (AvgIpc) is 3.36. The number of hydrogen-bond acceptors (Lipinski definition) is 2. The summed E-state index contributed by atoms with van der Waals surface area (Å²) in [7, 11) is 0. The van der Waals surface area contributed by atoms with Crippen LogP contribution in [0.25, 0.3) is 0 Å². The van der Waals surface area contributed by atoms with Crippen molar-refractivity contribution in [3.63, 3.8) is 0 Å². The molecule has 2 aromatic rings. The minimum Gasteiger partial charge on any atom is -0.273 e. The van der Waals surface area contributed by atoms with Crippen molar-refractivity contribution < 1.29 is 4.79 Å². The minimum atomic E-state index is 0.0171. The Morgan fingerprint density at radius 2 is 1.87 bits per heavy atom. The van der Waals surface area contributed by atoms with Crippen LogP contribution in [0.15, 0.2) is 53.6 Å². The highest BCUT2D eigenvalue weighted by molar-refractivity contribution is 6.00. The molecule has 0 unspecified atom stereocenters. The maximum absolute atomic E-state index is 12.3. The maximum Gasteiger partial charge on any atom is 0.243 e.